The molecule has 0 unspecified atom stereocenters. The molecule has 2 aromatic carbocycles. The van der Waals surface area contributed by atoms with Gasteiger partial charge < -0.3 is 11.1 Å². The second kappa shape index (κ2) is 8.52. The number of hydrogen-bond donors (Lipinski definition) is 2. The maximum absolute atomic E-state index is 6.10. The van der Waals surface area contributed by atoms with Gasteiger partial charge in [-0.25, -0.2) is 0 Å². The highest BCUT2D eigenvalue weighted by molar-refractivity contribution is 6.42. The topological polar surface area (TPSA) is 80.0 Å². The van der Waals surface area contributed by atoms with Crippen LogP contribution in [0.15, 0.2) is 48.5 Å². The van der Waals surface area contributed by atoms with Crippen LogP contribution in [0.5, 0.6) is 0 Å². The number of nitrogens with zero attached hydrogens (tertiary/aromatic N) is 4. The molecule has 0 saturated carbocycles. The van der Waals surface area contributed by atoms with Gasteiger partial charge >= 0.3 is 0 Å². The Morgan fingerprint density at radius 3 is 2.48 bits per heavy atom. The van der Waals surface area contributed by atoms with Crippen molar-refractivity contribution in [1.82, 2.24) is 19.9 Å². The van der Waals surface area contributed by atoms with Gasteiger partial charge in [0.1, 0.15) is 0 Å². The minimum Gasteiger partial charge on any atom is -0.368 e. The molecule has 3 rings (SSSR count). The van der Waals surface area contributed by atoms with E-state index in [0.29, 0.717) is 28.4 Å². The lowest BCUT2D eigenvalue weighted by Crippen LogP contribution is -2.24. The van der Waals surface area contributed by atoms with Crippen LogP contribution in [0.1, 0.15) is 24.4 Å². The van der Waals surface area contributed by atoms with Crippen LogP contribution in [0.3, 0.4) is 0 Å². The fraction of sp³-hybridized carbons (Fsp3) is 0.211. The molecular formula is C19H20Cl2N6. The third-order valence-electron chi connectivity index (χ3n) is 4.15. The van der Waals surface area contributed by atoms with Gasteiger partial charge in [-0.05, 0) is 43.8 Å². The summed E-state index contributed by atoms with van der Waals surface area (Å²) in [6.07, 6.45) is 0. The standard InChI is InChI=1S/C19H20Cl2N6/c1-12(27(2)11-13-8-9-15(20)16(21)10-13)17-24-18(22)26-19(25-17)23-14-6-4-3-5-7-14/h3-10,12H,11H2,1-2H3,(H3,22,23,24,25,26)/t12-/m1/s1. The Kier molecular flexibility index (Phi) is 6.11. The summed E-state index contributed by atoms with van der Waals surface area (Å²) in [5.74, 6) is 1.18. The molecule has 3 N–H and O–H groups in total. The largest absolute Gasteiger partial charge is 0.368 e. The Bertz CT molecular complexity index is 919. The predicted octanol–water partition coefficient (Wildman–Crippen LogP) is 4.70. The van der Waals surface area contributed by atoms with Crippen LogP contribution >= 0.6 is 23.2 Å². The molecule has 0 spiro atoms. The molecule has 0 saturated heterocycles. The van der Waals surface area contributed by atoms with Gasteiger partial charge in [0.25, 0.3) is 0 Å². The molecular weight excluding hydrogens is 383 g/mol. The normalized spacial score (nSPS) is 12.2. The van der Waals surface area contributed by atoms with E-state index in [2.05, 4.69) is 25.2 Å². The Hall–Kier alpha value is -2.41. The quantitative estimate of drug-likeness (QED) is 0.621. The molecule has 0 aliphatic heterocycles. The smallest absolute Gasteiger partial charge is 0.232 e. The van der Waals surface area contributed by atoms with Crippen molar-refractivity contribution in [2.24, 2.45) is 0 Å². The molecule has 8 heteroatoms. The van der Waals surface area contributed by atoms with Gasteiger partial charge in [-0.3, -0.25) is 4.90 Å². The fourth-order valence-electron chi connectivity index (χ4n) is 2.56. The number of hydrogen-bond acceptors (Lipinski definition) is 6. The highest BCUT2D eigenvalue weighted by atomic mass is 35.5. The van der Waals surface area contributed by atoms with Crippen molar-refractivity contribution in [2.75, 3.05) is 18.1 Å². The summed E-state index contributed by atoms with van der Waals surface area (Å²) >= 11 is 12.1. The van der Waals surface area contributed by atoms with Gasteiger partial charge in [-0.15, -0.1) is 0 Å². The lowest BCUT2D eigenvalue weighted by Gasteiger charge is -2.24. The average Bonchev–Trinajstić information content (AvgIpc) is 2.64. The first-order chi connectivity index (χ1) is 12.9. The Morgan fingerprint density at radius 1 is 1.04 bits per heavy atom. The first-order valence-electron chi connectivity index (χ1n) is 8.40. The molecule has 6 nitrogen and oxygen atoms in total. The second-order valence-electron chi connectivity index (χ2n) is 6.21. The molecule has 27 heavy (non-hydrogen) atoms. The van der Waals surface area contributed by atoms with Crippen molar-refractivity contribution in [2.45, 2.75) is 19.5 Å². The number of nitrogen functional groups attached to an aromatic ring is 1. The number of nitrogens with one attached hydrogen (secondary N) is 1. The summed E-state index contributed by atoms with van der Waals surface area (Å²) in [4.78, 5) is 15.1. The average molecular weight is 403 g/mol. The van der Waals surface area contributed by atoms with Crippen LogP contribution in [-0.4, -0.2) is 26.9 Å². The number of halogens is 2. The summed E-state index contributed by atoms with van der Waals surface area (Å²) in [6, 6.07) is 15.2. The summed E-state index contributed by atoms with van der Waals surface area (Å²) in [6.45, 7) is 2.67. The minimum atomic E-state index is -0.0823. The van der Waals surface area contributed by atoms with E-state index in [9.17, 15) is 0 Å². The molecule has 1 heterocycles. The van der Waals surface area contributed by atoms with E-state index in [1.807, 2.05) is 56.4 Å². The van der Waals surface area contributed by atoms with Crippen LogP contribution in [0.4, 0.5) is 17.6 Å². The highest BCUT2D eigenvalue weighted by Gasteiger charge is 2.17. The lowest BCUT2D eigenvalue weighted by molar-refractivity contribution is 0.244. The van der Waals surface area contributed by atoms with Crippen LogP contribution in [-0.2, 0) is 6.54 Å². The third kappa shape index (κ3) is 5.07. The number of aromatic nitrogens is 3. The Labute approximate surface area is 168 Å². The third-order valence-corrected chi connectivity index (χ3v) is 4.89. The lowest BCUT2D eigenvalue weighted by atomic mass is 10.2. The molecule has 1 aromatic heterocycles. The molecule has 0 fully saturated rings. The van der Waals surface area contributed by atoms with Crippen molar-refractivity contribution < 1.29 is 0 Å². The molecule has 0 radical (unpaired) electrons. The van der Waals surface area contributed by atoms with Gasteiger partial charge in [0.15, 0.2) is 5.82 Å². The summed E-state index contributed by atoms with van der Waals surface area (Å²) in [7, 11) is 1.98. The maximum Gasteiger partial charge on any atom is 0.232 e. The highest BCUT2D eigenvalue weighted by Crippen LogP contribution is 2.25. The predicted molar refractivity (Wildman–Crippen MR) is 110 cm³/mol. The second-order valence-corrected chi connectivity index (χ2v) is 7.02. The monoisotopic (exact) mass is 402 g/mol. The SMILES string of the molecule is C[C@H](c1nc(N)nc(Nc2ccccc2)n1)N(C)Cc1ccc(Cl)c(Cl)c1. The van der Waals surface area contributed by atoms with Gasteiger partial charge in [0.2, 0.25) is 11.9 Å². The van der Waals surface area contributed by atoms with E-state index in [1.54, 1.807) is 6.07 Å². The number of rotatable bonds is 6. The molecule has 3 aromatic rings. The van der Waals surface area contributed by atoms with Crippen LogP contribution < -0.4 is 11.1 Å². The number of anilines is 3. The van der Waals surface area contributed by atoms with Crippen molar-refractivity contribution >= 4 is 40.8 Å². The number of para-hydroxylation sites is 1. The van der Waals surface area contributed by atoms with E-state index in [4.69, 9.17) is 28.9 Å². The van der Waals surface area contributed by atoms with Gasteiger partial charge in [0.05, 0.1) is 16.1 Å². The molecule has 0 bridgehead atoms. The van der Waals surface area contributed by atoms with E-state index >= 15 is 0 Å². The molecule has 0 aliphatic carbocycles. The van der Waals surface area contributed by atoms with Gasteiger partial charge in [0, 0.05) is 12.2 Å². The Balaban J connectivity index is 1.76. The molecule has 0 amide bonds. The molecule has 0 aliphatic rings. The summed E-state index contributed by atoms with van der Waals surface area (Å²) in [5, 5.41) is 4.23. The van der Waals surface area contributed by atoms with Crippen LogP contribution in [0.2, 0.25) is 10.0 Å². The minimum absolute atomic E-state index is 0.0823. The zero-order valence-corrected chi connectivity index (χ0v) is 16.5. The zero-order chi connectivity index (χ0) is 19.4. The van der Waals surface area contributed by atoms with E-state index in [0.717, 1.165) is 11.3 Å². The Morgan fingerprint density at radius 2 is 1.78 bits per heavy atom. The summed E-state index contributed by atoms with van der Waals surface area (Å²) < 4.78 is 0. The first-order valence-corrected chi connectivity index (χ1v) is 9.15. The van der Waals surface area contributed by atoms with Crippen LogP contribution in [0, 0.1) is 0 Å². The maximum atomic E-state index is 6.10. The van der Waals surface area contributed by atoms with Gasteiger partial charge in [-0.2, -0.15) is 15.0 Å². The summed E-state index contributed by atoms with van der Waals surface area (Å²) in [5.41, 5.74) is 7.81. The van der Waals surface area contributed by atoms with Crippen LogP contribution in [0.25, 0.3) is 0 Å². The van der Waals surface area contributed by atoms with E-state index in [-0.39, 0.29) is 12.0 Å². The van der Waals surface area contributed by atoms with E-state index in [1.165, 1.54) is 0 Å². The first kappa shape index (κ1) is 19.4. The van der Waals surface area contributed by atoms with Crippen molar-refractivity contribution in [3.05, 3.63) is 70.0 Å². The van der Waals surface area contributed by atoms with Gasteiger partial charge in [-0.1, -0.05) is 47.5 Å². The van der Waals surface area contributed by atoms with E-state index < -0.39 is 0 Å². The fourth-order valence-corrected chi connectivity index (χ4v) is 2.88. The van der Waals surface area contributed by atoms with Crippen molar-refractivity contribution in [1.29, 1.82) is 0 Å². The van der Waals surface area contributed by atoms with Crippen molar-refractivity contribution in [3.63, 3.8) is 0 Å². The zero-order valence-electron chi connectivity index (χ0n) is 15.0. The number of nitrogens with two attached hydrogens (primary N) is 1. The van der Waals surface area contributed by atoms with Crippen molar-refractivity contribution in [3.8, 4) is 0 Å². The molecule has 140 valence electrons. The number of benzene rings is 2. The molecule has 1 atom stereocenters.